The zero-order valence-electron chi connectivity index (χ0n) is 19.7. The van der Waals surface area contributed by atoms with Crippen LogP contribution in [-0.2, 0) is 10.2 Å². The summed E-state index contributed by atoms with van der Waals surface area (Å²) in [5, 5.41) is 2.86. The highest BCUT2D eigenvalue weighted by atomic mass is 16.2. The Kier molecular flexibility index (Phi) is 7.86. The lowest BCUT2D eigenvalue weighted by Crippen LogP contribution is -2.54. The van der Waals surface area contributed by atoms with Crippen molar-refractivity contribution >= 4 is 17.9 Å². The van der Waals surface area contributed by atoms with Crippen molar-refractivity contribution in [2.45, 2.75) is 39.2 Å². The molecule has 1 aliphatic rings. The van der Waals surface area contributed by atoms with E-state index in [1.165, 1.54) is 11.1 Å². The third kappa shape index (κ3) is 6.54. The van der Waals surface area contributed by atoms with Crippen LogP contribution in [0.2, 0.25) is 0 Å². The smallest absolute Gasteiger partial charge is 0.251 e. The molecule has 1 aliphatic heterocycles. The number of nitrogens with one attached hydrogen (secondary N) is 1. The van der Waals surface area contributed by atoms with E-state index < -0.39 is 6.04 Å². The molecule has 1 atom stereocenters. The average molecular weight is 434 g/mol. The van der Waals surface area contributed by atoms with Crippen LogP contribution in [0.3, 0.4) is 0 Å². The van der Waals surface area contributed by atoms with Crippen LogP contribution in [0.25, 0.3) is 6.08 Å². The van der Waals surface area contributed by atoms with Crippen molar-refractivity contribution in [3.63, 3.8) is 0 Å². The van der Waals surface area contributed by atoms with Crippen LogP contribution in [-0.4, -0.2) is 60.4 Å². The molecule has 0 bridgehead atoms. The molecular formula is C27H35N3O2. The number of carbonyl (C=O) groups excluding carboxylic acids is 2. The Bertz CT molecular complexity index is 922. The molecular weight excluding hydrogens is 398 g/mol. The molecule has 1 heterocycles. The maximum atomic E-state index is 12.8. The van der Waals surface area contributed by atoms with E-state index in [0.29, 0.717) is 18.7 Å². The summed E-state index contributed by atoms with van der Waals surface area (Å²) >= 11 is 0. The molecule has 3 rings (SSSR count). The average Bonchev–Trinajstić information content (AvgIpc) is 2.79. The summed E-state index contributed by atoms with van der Waals surface area (Å²) < 4.78 is 0. The molecule has 0 aliphatic carbocycles. The molecule has 2 aromatic carbocycles. The van der Waals surface area contributed by atoms with Crippen molar-refractivity contribution in [1.29, 1.82) is 0 Å². The van der Waals surface area contributed by atoms with E-state index in [1.807, 2.05) is 47.4 Å². The van der Waals surface area contributed by atoms with E-state index >= 15 is 0 Å². The van der Waals surface area contributed by atoms with Crippen molar-refractivity contribution in [3.8, 4) is 0 Å². The fraction of sp³-hybridized carbons (Fsp3) is 0.407. The highest BCUT2D eigenvalue weighted by Gasteiger charge is 2.26. The number of amides is 2. The number of nitrogens with zero attached hydrogens (tertiary/aromatic N) is 2. The molecule has 1 saturated heterocycles. The highest BCUT2D eigenvalue weighted by molar-refractivity contribution is 5.97. The summed E-state index contributed by atoms with van der Waals surface area (Å²) in [6.07, 6.45) is 4.30. The quantitative estimate of drug-likeness (QED) is 0.750. The Hall–Kier alpha value is -2.92. The summed E-state index contributed by atoms with van der Waals surface area (Å²) in [4.78, 5) is 29.6. The maximum Gasteiger partial charge on any atom is 0.251 e. The van der Waals surface area contributed by atoms with Gasteiger partial charge < -0.3 is 10.2 Å². The van der Waals surface area contributed by atoms with Gasteiger partial charge in [-0.25, -0.2) is 0 Å². The van der Waals surface area contributed by atoms with Crippen LogP contribution in [0.1, 0.15) is 49.2 Å². The predicted molar refractivity (Wildman–Crippen MR) is 131 cm³/mol. The minimum atomic E-state index is -0.547. The first-order valence-electron chi connectivity index (χ1n) is 11.4. The van der Waals surface area contributed by atoms with Crippen LogP contribution in [0, 0.1) is 0 Å². The molecule has 0 spiro atoms. The molecule has 1 fully saturated rings. The van der Waals surface area contributed by atoms with Gasteiger partial charge in [0, 0.05) is 38.3 Å². The van der Waals surface area contributed by atoms with Crippen molar-refractivity contribution in [1.82, 2.24) is 15.1 Å². The van der Waals surface area contributed by atoms with Gasteiger partial charge in [-0.05, 0) is 35.6 Å². The van der Waals surface area contributed by atoms with E-state index in [1.54, 1.807) is 6.92 Å². The van der Waals surface area contributed by atoms with Crippen LogP contribution in [0.15, 0.2) is 60.7 Å². The number of piperazine rings is 1. The van der Waals surface area contributed by atoms with E-state index in [9.17, 15) is 9.59 Å². The Labute approximate surface area is 192 Å². The van der Waals surface area contributed by atoms with Gasteiger partial charge >= 0.3 is 0 Å². The van der Waals surface area contributed by atoms with Gasteiger partial charge in [0.25, 0.3) is 5.91 Å². The van der Waals surface area contributed by atoms with Gasteiger partial charge in [0.15, 0.2) is 0 Å². The number of hydrogen-bond donors (Lipinski definition) is 1. The number of rotatable bonds is 6. The Balaban J connectivity index is 1.45. The zero-order chi connectivity index (χ0) is 23.1. The second-order valence-electron chi connectivity index (χ2n) is 9.46. The molecule has 1 N–H and O–H groups in total. The second kappa shape index (κ2) is 10.6. The lowest BCUT2D eigenvalue weighted by molar-refractivity contribution is -0.134. The zero-order valence-corrected chi connectivity index (χ0v) is 19.7. The largest absolute Gasteiger partial charge is 0.341 e. The minimum Gasteiger partial charge on any atom is -0.341 e. The lowest BCUT2D eigenvalue weighted by atomic mass is 9.86. The van der Waals surface area contributed by atoms with Gasteiger partial charge in [-0.15, -0.1) is 0 Å². The Morgan fingerprint density at radius 1 is 0.969 bits per heavy atom. The van der Waals surface area contributed by atoms with E-state index in [2.05, 4.69) is 55.3 Å². The third-order valence-electron chi connectivity index (χ3n) is 5.89. The SMILES string of the molecule is C[C@H](NC(=O)c1ccc(C(C)(C)C)cc1)C(=O)N1CCN(CC=Cc2ccccc2)CC1. The van der Waals surface area contributed by atoms with Crippen LogP contribution < -0.4 is 5.32 Å². The lowest BCUT2D eigenvalue weighted by Gasteiger charge is -2.35. The van der Waals surface area contributed by atoms with E-state index in [0.717, 1.165) is 19.6 Å². The fourth-order valence-electron chi connectivity index (χ4n) is 3.79. The van der Waals surface area contributed by atoms with Crippen LogP contribution >= 0.6 is 0 Å². The first-order valence-corrected chi connectivity index (χ1v) is 11.4. The van der Waals surface area contributed by atoms with Gasteiger partial charge in [-0.3, -0.25) is 14.5 Å². The third-order valence-corrected chi connectivity index (χ3v) is 5.89. The van der Waals surface area contributed by atoms with E-state index in [-0.39, 0.29) is 17.2 Å². The second-order valence-corrected chi connectivity index (χ2v) is 9.46. The van der Waals surface area contributed by atoms with Crippen molar-refractivity contribution in [2.24, 2.45) is 0 Å². The highest BCUT2D eigenvalue weighted by Crippen LogP contribution is 2.22. The van der Waals surface area contributed by atoms with Crippen molar-refractivity contribution in [2.75, 3.05) is 32.7 Å². The molecule has 32 heavy (non-hydrogen) atoms. The molecule has 170 valence electrons. The number of hydrogen-bond acceptors (Lipinski definition) is 3. The molecule has 2 aromatic rings. The van der Waals surface area contributed by atoms with Gasteiger partial charge in [0.1, 0.15) is 6.04 Å². The predicted octanol–water partition coefficient (Wildman–Crippen LogP) is 3.96. The van der Waals surface area contributed by atoms with Crippen molar-refractivity contribution < 1.29 is 9.59 Å². The molecule has 0 unspecified atom stereocenters. The first kappa shape index (κ1) is 23.7. The van der Waals surface area contributed by atoms with Gasteiger partial charge in [0.2, 0.25) is 5.91 Å². The van der Waals surface area contributed by atoms with Gasteiger partial charge in [0.05, 0.1) is 0 Å². The molecule has 5 nitrogen and oxygen atoms in total. The normalized spacial score (nSPS) is 16.2. The summed E-state index contributed by atoms with van der Waals surface area (Å²) in [5.74, 6) is -0.236. The minimum absolute atomic E-state index is 0.0239. The van der Waals surface area contributed by atoms with Gasteiger partial charge in [-0.2, -0.15) is 0 Å². The Morgan fingerprint density at radius 2 is 1.59 bits per heavy atom. The molecule has 0 radical (unpaired) electrons. The number of carbonyl (C=O) groups is 2. The van der Waals surface area contributed by atoms with Crippen LogP contribution in [0.5, 0.6) is 0 Å². The van der Waals surface area contributed by atoms with Crippen LogP contribution in [0.4, 0.5) is 0 Å². The summed E-state index contributed by atoms with van der Waals surface area (Å²) in [5.41, 5.74) is 2.99. The van der Waals surface area contributed by atoms with E-state index in [4.69, 9.17) is 0 Å². The van der Waals surface area contributed by atoms with Crippen molar-refractivity contribution in [3.05, 3.63) is 77.4 Å². The molecule has 0 aromatic heterocycles. The molecule has 2 amide bonds. The Morgan fingerprint density at radius 3 is 2.19 bits per heavy atom. The molecule has 5 heteroatoms. The number of benzene rings is 2. The first-order chi connectivity index (χ1) is 15.2. The fourth-order valence-corrected chi connectivity index (χ4v) is 3.79. The summed E-state index contributed by atoms with van der Waals surface area (Å²) in [6.45, 7) is 12.1. The standard InChI is InChI=1S/C27H35N3O2/c1-21(28-25(31)23-12-14-24(15-13-23)27(2,3)4)26(32)30-19-17-29(18-20-30)16-8-11-22-9-6-5-7-10-22/h5-15,21H,16-20H2,1-4H3,(H,28,31)/t21-/m0/s1. The summed E-state index contributed by atoms with van der Waals surface area (Å²) in [6, 6.07) is 17.3. The summed E-state index contributed by atoms with van der Waals surface area (Å²) in [7, 11) is 0. The topological polar surface area (TPSA) is 52.7 Å². The maximum absolute atomic E-state index is 12.8. The monoisotopic (exact) mass is 433 g/mol. The van der Waals surface area contributed by atoms with Gasteiger partial charge in [-0.1, -0.05) is 75.4 Å². The molecule has 0 saturated carbocycles.